The van der Waals surface area contributed by atoms with Crippen molar-refractivity contribution >= 4 is 40.9 Å². The number of carbonyl (C=O) groups excluding carboxylic acids is 3. The van der Waals surface area contributed by atoms with Gasteiger partial charge in [-0.05, 0) is 44.4 Å². The molecule has 9 heteroatoms. The smallest absolute Gasteiger partial charge is 0.316 e. The highest BCUT2D eigenvalue weighted by Gasteiger charge is 2.24. The Labute approximate surface area is 162 Å². The van der Waals surface area contributed by atoms with Crippen molar-refractivity contribution in [3.63, 3.8) is 0 Å². The molecule has 4 amide bonds. The summed E-state index contributed by atoms with van der Waals surface area (Å²) >= 11 is 0. The molecule has 0 atom stereocenters. The number of benzene rings is 1. The molecule has 0 aliphatic carbocycles. The maximum atomic E-state index is 12.3. The van der Waals surface area contributed by atoms with Crippen LogP contribution in [0.4, 0.5) is 16.2 Å². The Morgan fingerprint density at radius 3 is 2.75 bits per heavy atom. The van der Waals surface area contributed by atoms with Gasteiger partial charge in [0.15, 0.2) is 0 Å². The van der Waals surface area contributed by atoms with Crippen LogP contribution in [0.2, 0.25) is 0 Å². The summed E-state index contributed by atoms with van der Waals surface area (Å²) in [5, 5.41) is 8.09. The van der Waals surface area contributed by atoms with E-state index in [9.17, 15) is 14.4 Å². The van der Waals surface area contributed by atoms with E-state index in [-0.39, 0.29) is 11.8 Å². The van der Waals surface area contributed by atoms with Crippen LogP contribution in [-0.4, -0.2) is 54.9 Å². The Morgan fingerprint density at radius 1 is 1.25 bits per heavy atom. The molecule has 1 aliphatic heterocycles. The van der Waals surface area contributed by atoms with Crippen molar-refractivity contribution in [3.8, 4) is 0 Å². The maximum Gasteiger partial charge on any atom is 0.316 e. The summed E-state index contributed by atoms with van der Waals surface area (Å²) < 4.78 is 0. The molecular weight excluding hydrogens is 360 g/mol. The van der Waals surface area contributed by atoms with Crippen LogP contribution in [0.3, 0.4) is 0 Å². The number of fused-ring (bicyclic) bond motifs is 1. The minimum atomic E-state index is -0.683. The third-order valence-corrected chi connectivity index (χ3v) is 4.18. The van der Waals surface area contributed by atoms with Gasteiger partial charge in [-0.1, -0.05) is 0 Å². The number of aromatic amines is 1. The molecule has 6 N–H and O–H groups in total. The summed E-state index contributed by atoms with van der Waals surface area (Å²) in [6.45, 7) is 1.28. The van der Waals surface area contributed by atoms with Crippen molar-refractivity contribution in [1.29, 1.82) is 0 Å². The van der Waals surface area contributed by atoms with Crippen LogP contribution >= 0.6 is 0 Å². The Bertz CT molecular complexity index is 960. The molecule has 28 heavy (non-hydrogen) atoms. The van der Waals surface area contributed by atoms with Crippen molar-refractivity contribution < 1.29 is 14.4 Å². The monoisotopic (exact) mass is 382 g/mol. The van der Waals surface area contributed by atoms with Crippen molar-refractivity contribution in [2.75, 3.05) is 37.8 Å². The number of urea groups is 1. The van der Waals surface area contributed by atoms with Crippen molar-refractivity contribution in [1.82, 2.24) is 15.2 Å². The van der Waals surface area contributed by atoms with Gasteiger partial charge in [0.1, 0.15) is 0 Å². The van der Waals surface area contributed by atoms with Gasteiger partial charge in [0.05, 0.1) is 11.1 Å². The summed E-state index contributed by atoms with van der Waals surface area (Å²) in [4.78, 5) is 40.5. The molecular formula is C19H22N6O3. The molecule has 0 saturated carbocycles. The van der Waals surface area contributed by atoms with E-state index in [2.05, 4.69) is 20.9 Å². The van der Waals surface area contributed by atoms with E-state index in [0.29, 0.717) is 40.3 Å². The van der Waals surface area contributed by atoms with E-state index in [1.165, 1.54) is 0 Å². The lowest BCUT2D eigenvalue weighted by Crippen LogP contribution is -2.31. The number of primary amides is 1. The lowest BCUT2D eigenvalue weighted by molar-refractivity contribution is -0.110. The van der Waals surface area contributed by atoms with Crippen molar-refractivity contribution in [2.45, 2.75) is 0 Å². The summed E-state index contributed by atoms with van der Waals surface area (Å²) in [5.74, 6) is -0.454. The number of hydrogen-bond donors (Lipinski definition) is 5. The summed E-state index contributed by atoms with van der Waals surface area (Å²) in [6.07, 6.45) is 3.25. The summed E-state index contributed by atoms with van der Waals surface area (Å²) in [6, 6.07) is 6.00. The quantitative estimate of drug-likeness (QED) is 0.482. The number of nitrogens with one attached hydrogen (secondary N) is 4. The number of nitrogens with zero attached hydrogens (tertiary/aromatic N) is 1. The molecule has 1 aromatic carbocycles. The third kappa shape index (κ3) is 4.38. The van der Waals surface area contributed by atoms with Crippen LogP contribution in [0.5, 0.6) is 0 Å². The second kappa shape index (κ2) is 7.97. The van der Waals surface area contributed by atoms with Gasteiger partial charge in [0, 0.05) is 41.9 Å². The minimum Gasteiger partial charge on any atom is -0.361 e. The molecule has 1 aromatic heterocycles. The number of rotatable bonds is 6. The highest BCUT2D eigenvalue weighted by atomic mass is 16.2. The van der Waals surface area contributed by atoms with Crippen LogP contribution in [0, 0.1) is 0 Å². The number of H-pyrrole nitrogens is 1. The SMILES string of the molecule is CN(C)CCNC(=O)c1c[nH]c(/C=C2\C(=O)Nc3ccc(NC(N)=O)cc32)c1. The number of anilines is 2. The average molecular weight is 382 g/mol. The number of nitrogens with two attached hydrogens (primary N) is 1. The highest BCUT2D eigenvalue weighted by Crippen LogP contribution is 2.35. The first kappa shape index (κ1) is 19.2. The van der Waals surface area contributed by atoms with E-state index in [4.69, 9.17) is 5.73 Å². The molecule has 0 fully saturated rings. The van der Waals surface area contributed by atoms with Crippen LogP contribution < -0.4 is 21.7 Å². The largest absolute Gasteiger partial charge is 0.361 e. The van der Waals surface area contributed by atoms with Gasteiger partial charge in [-0.25, -0.2) is 4.79 Å². The number of carbonyl (C=O) groups is 3. The first-order chi connectivity index (χ1) is 13.3. The molecule has 0 bridgehead atoms. The van der Waals surface area contributed by atoms with Gasteiger partial charge >= 0.3 is 6.03 Å². The maximum absolute atomic E-state index is 12.3. The highest BCUT2D eigenvalue weighted by molar-refractivity contribution is 6.35. The van der Waals surface area contributed by atoms with E-state index in [1.54, 1.807) is 36.5 Å². The normalized spacial score (nSPS) is 14.1. The zero-order chi connectivity index (χ0) is 20.3. The predicted molar refractivity (Wildman–Crippen MR) is 108 cm³/mol. The lowest BCUT2D eigenvalue weighted by atomic mass is 10.1. The number of amides is 4. The lowest BCUT2D eigenvalue weighted by Gasteiger charge is -2.09. The second-order valence-corrected chi connectivity index (χ2v) is 6.66. The standard InChI is InChI=1S/C19H22N6O3/c1-25(2)6-5-21-17(26)11-7-13(22-10-11)9-15-14-8-12(23-19(20)28)3-4-16(14)24-18(15)27/h3-4,7-10,22H,5-6H2,1-2H3,(H,21,26)(H,24,27)(H3,20,23,28)/b15-9-. The Morgan fingerprint density at radius 2 is 2.04 bits per heavy atom. The van der Waals surface area contributed by atoms with Gasteiger partial charge in [-0.15, -0.1) is 0 Å². The molecule has 0 unspecified atom stereocenters. The van der Waals surface area contributed by atoms with Gasteiger partial charge < -0.3 is 31.6 Å². The van der Waals surface area contributed by atoms with Crippen LogP contribution in [0.1, 0.15) is 21.6 Å². The molecule has 3 rings (SSSR count). The molecule has 1 aliphatic rings. The van der Waals surface area contributed by atoms with E-state index in [0.717, 1.165) is 6.54 Å². The van der Waals surface area contributed by atoms with Crippen molar-refractivity contribution in [2.24, 2.45) is 5.73 Å². The zero-order valence-electron chi connectivity index (χ0n) is 15.6. The topological polar surface area (TPSA) is 132 Å². The summed E-state index contributed by atoms with van der Waals surface area (Å²) in [5.41, 5.74) is 8.43. The molecule has 0 radical (unpaired) electrons. The number of aromatic nitrogens is 1. The first-order valence-corrected chi connectivity index (χ1v) is 8.69. The molecule has 2 heterocycles. The van der Waals surface area contributed by atoms with Crippen molar-refractivity contribution in [3.05, 3.63) is 47.3 Å². The predicted octanol–water partition coefficient (Wildman–Crippen LogP) is 1.29. The van der Waals surface area contributed by atoms with Gasteiger partial charge in [-0.2, -0.15) is 0 Å². The fraction of sp³-hybridized carbons (Fsp3) is 0.211. The Kier molecular flexibility index (Phi) is 5.46. The van der Waals surface area contributed by atoms with Crippen LogP contribution in [0.15, 0.2) is 30.5 Å². The van der Waals surface area contributed by atoms with Crippen LogP contribution in [-0.2, 0) is 4.79 Å². The van der Waals surface area contributed by atoms with E-state index >= 15 is 0 Å². The molecule has 9 nitrogen and oxygen atoms in total. The Balaban J connectivity index is 1.79. The number of hydrogen-bond acceptors (Lipinski definition) is 4. The number of likely N-dealkylation sites (N-methyl/N-ethyl adjacent to an activating group) is 1. The minimum absolute atomic E-state index is 0.188. The van der Waals surface area contributed by atoms with E-state index in [1.807, 2.05) is 19.0 Å². The fourth-order valence-corrected chi connectivity index (χ4v) is 2.83. The van der Waals surface area contributed by atoms with Gasteiger partial charge in [-0.3, -0.25) is 9.59 Å². The average Bonchev–Trinajstić information content (AvgIpc) is 3.20. The van der Waals surface area contributed by atoms with Gasteiger partial charge in [0.2, 0.25) is 0 Å². The first-order valence-electron chi connectivity index (χ1n) is 8.69. The molecule has 0 spiro atoms. The molecule has 146 valence electrons. The van der Waals surface area contributed by atoms with E-state index < -0.39 is 6.03 Å². The van der Waals surface area contributed by atoms with Crippen LogP contribution in [0.25, 0.3) is 11.6 Å². The second-order valence-electron chi connectivity index (χ2n) is 6.66. The zero-order valence-corrected chi connectivity index (χ0v) is 15.6. The molecule has 0 saturated heterocycles. The third-order valence-electron chi connectivity index (χ3n) is 4.18. The molecule has 2 aromatic rings. The summed E-state index contributed by atoms with van der Waals surface area (Å²) in [7, 11) is 3.86. The Hall–Kier alpha value is -3.59. The fourth-order valence-electron chi connectivity index (χ4n) is 2.83. The van der Waals surface area contributed by atoms with Gasteiger partial charge in [0.25, 0.3) is 11.8 Å².